The van der Waals surface area contributed by atoms with Gasteiger partial charge in [0.1, 0.15) is 11.8 Å². The zero-order valence-corrected chi connectivity index (χ0v) is 15.2. The number of aromatic nitrogens is 1. The first-order valence-electron chi connectivity index (χ1n) is 7.16. The van der Waals surface area contributed by atoms with Crippen LogP contribution in [0.25, 0.3) is 0 Å². The van der Waals surface area contributed by atoms with E-state index >= 15 is 0 Å². The molecular formula is C16H13ClF3N5S. The fourth-order valence-corrected chi connectivity index (χ4v) is 2.40. The minimum atomic E-state index is -4.49. The number of thiocarbonyl (C=S) groups is 1. The number of hydrogen-bond donors (Lipinski definition) is 2. The van der Waals surface area contributed by atoms with Crippen molar-refractivity contribution in [3.63, 3.8) is 0 Å². The van der Waals surface area contributed by atoms with Crippen molar-refractivity contribution >= 4 is 40.8 Å². The van der Waals surface area contributed by atoms with Crippen molar-refractivity contribution in [2.75, 3.05) is 5.32 Å². The summed E-state index contributed by atoms with van der Waals surface area (Å²) >= 11 is 10.9. The molecule has 0 aliphatic rings. The maximum atomic E-state index is 12.8. The molecule has 1 heterocycles. The summed E-state index contributed by atoms with van der Waals surface area (Å²) in [4.78, 5) is 0. The number of benzene rings is 1. The SMILES string of the molecule is Cc1c(/C=N/NC(=S)Nc2cc(C(F)(F)F)ccc2Cl)cc(C#N)n1C. The van der Waals surface area contributed by atoms with Crippen molar-refractivity contribution < 1.29 is 13.2 Å². The largest absolute Gasteiger partial charge is 0.416 e. The van der Waals surface area contributed by atoms with Crippen LogP contribution in [-0.2, 0) is 13.2 Å². The van der Waals surface area contributed by atoms with Crippen LogP contribution in [0.3, 0.4) is 0 Å². The van der Waals surface area contributed by atoms with E-state index in [0.29, 0.717) is 11.3 Å². The van der Waals surface area contributed by atoms with Crippen molar-refractivity contribution in [1.29, 1.82) is 5.26 Å². The van der Waals surface area contributed by atoms with Gasteiger partial charge in [0.15, 0.2) is 5.11 Å². The first kappa shape index (κ1) is 19.8. The van der Waals surface area contributed by atoms with Crippen molar-refractivity contribution in [2.45, 2.75) is 13.1 Å². The van der Waals surface area contributed by atoms with E-state index in [-0.39, 0.29) is 15.8 Å². The van der Waals surface area contributed by atoms with E-state index < -0.39 is 11.7 Å². The first-order chi connectivity index (χ1) is 12.1. The second kappa shape index (κ2) is 7.76. The Morgan fingerprint density at radius 2 is 2.08 bits per heavy atom. The highest BCUT2D eigenvalue weighted by Gasteiger charge is 2.31. The average Bonchev–Trinajstić information content (AvgIpc) is 2.83. The van der Waals surface area contributed by atoms with Crippen LogP contribution in [0.1, 0.15) is 22.5 Å². The van der Waals surface area contributed by atoms with Crippen molar-refractivity contribution in [1.82, 2.24) is 9.99 Å². The summed E-state index contributed by atoms with van der Waals surface area (Å²) in [6.07, 6.45) is -3.03. The number of hydrazone groups is 1. The van der Waals surface area contributed by atoms with Crippen LogP contribution in [0.4, 0.5) is 18.9 Å². The number of hydrogen-bond acceptors (Lipinski definition) is 3. The van der Waals surface area contributed by atoms with E-state index in [1.54, 1.807) is 17.7 Å². The topological polar surface area (TPSA) is 65.1 Å². The monoisotopic (exact) mass is 399 g/mol. The Morgan fingerprint density at radius 3 is 2.65 bits per heavy atom. The molecule has 10 heteroatoms. The van der Waals surface area contributed by atoms with Gasteiger partial charge in [-0.1, -0.05) is 11.6 Å². The van der Waals surface area contributed by atoms with Crippen molar-refractivity contribution in [3.8, 4) is 6.07 Å². The summed E-state index contributed by atoms with van der Waals surface area (Å²) in [5, 5.41) is 15.5. The van der Waals surface area contributed by atoms with E-state index in [1.165, 1.54) is 6.21 Å². The summed E-state index contributed by atoms with van der Waals surface area (Å²) in [5.41, 5.74) is 3.66. The molecule has 0 aliphatic heterocycles. The quantitative estimate of drug-likeness (QED) is 0.461. The van der Waals surface area contributed by atoms with Crippen LogP contribution in [0.2, 0.25) is 5.02 Å². The number of anilines is 1. The predicted molar refractivity (Wildman–Crippen MR) is 98.3 cm³/mol. The second-order valence-corrected chi connectivity index (χ2v) is 6.07. The lowest BCUT2D eigenvalue weighted by Gasteiger charge is -2.12. The molecule has 0 amide bonds. The summed E-state index contributed by atoms with van der Waals surface area (Å²) in [5.74, 6) is 0. The van der Waals surface area contributed by atoms with Crippen molar-refractivity contribution in [3.05, 3.63) is 51.8 Å². The molecule has 1 aromatic carbocycles. The molecule has 2 rings (SSSR count). The van der Waals surface area contributed by atoms with Gasteiger partial charge in [0.2, 0.25) is 0 Å². The molecule has 0 fully saturated rings. The number of nitrogens with zero attached hydrogens (tertiary/aromatic N) is 3. The normalized spacial score (nSPS) is 11.4. The summed E-state index contributed by atoms with van der Waals surface area (Å²) < 4.78 is 40.0. The molecule has 136 valence electrons. The Hall–Kier alpha value is -2.57. The predicted octanol–water partition coefficient (Wildman–Crippen LogP) is 4.20. The Kier molecular flexibility index (Phi) is 5.90. The molecule has 0 radical (unpaired) electrons. The molecule has 1 aromatic heterocycles. The van der Waals surface area contributed by atoms with Gasteiger partial charge >= 0.3 is 6.18 Å². The molecule has 0 bridgehead atoms. The highest BCUT2D eigenvalue weighted by Crippen LogP contribution is 2.33. The van der Waals surface area contributed by atoms with Gasteiger partial charge in [-0.15, -0.1) is 0 Å². The zero-order valence-electron chi connectivity index (χ0n) is 13.6. The van der Waals surface area contributed by atoms with Gasteiger partial charge in [0.25, 0.3) is 0 Å². The Morgan fingerprint density at radius 1 is 1.38 bits per heavy atom. The number of nitriles is 1. The minimum Gasteiger partial charge on any atom is -0.339 e. The summed E-state index contributed by atoms with van der Waals surface area (Å²) in [6, 6.07) is 6.58. The van der Waals surface area contributed by atoms with Crippen molar-refractivity contribution in [2.24, 2.45) is 12.1 Å². The van der Waals surface area contributed by atoms with Gasteiger partial charge in [0, 0.05) is 18.3 Å². The molecule has 26 heavy (non-hydrogen) atoms. The maximum Gasteiger partial charge on any atom is 0.416 e. The third kappa shape index (κ3) is 4.53. The van der Waals surface area contributed by atoms with Gasteiger partial charge < -0.3 is 9.88 Å². The van der Waals surface area contributed by atoms with Crippen LogP contribution in [-0.4, -0.2) is 15.9 Å². The molecule has 2 aromatic rings. The van der Waals surface area contributed by atoms with Crippen LogP contribution in [0, 0.1) is 18.3 Å². The minimum absolute atomic E-state index is 0.0110. The van der Waals surface area contributed by atoms with E-state index in [1.807, 2.05) is 13.0 Å². The standard InChI is InChI=1S/C16H13ClF3N5S/c1-9-10(5-12(7-21)25(9)2)8-22-24-15(26)23-14-6-11(16(18,19)20)3-4-13(14)17/h3-6,8H,1-2H3,(H2,23,24,26)/b22-8+. The molecule has 0 aliphatic carbocycles. The Bertz CT molecular complexity index is 912. The van der Waals surface area contributed by atoms with Crippen LogP contribution in [0.15, 0.2) is 29.4 Å². The lowest BCUT2D eigenvalue weighted by atomic mass is 10.2. The fraction of sp³-hybridized carbons (Fsp3) is 0.188. The summed E-state index contributed by atoms with van der Waals surface area (Å²) in [6.45, 7) is 1.82. The highest BCUT2D eigenvalue weighted by molar-refractivity contribution is 7.80. The third-order valence-corrected chi connectivity index (χ3v) is 4.12. The van der Waals surface area contributed by atoms with E-state index in [9.17, 15) is 13.2 Å². The molecule has 0 atom stereocenters. The smallest absolute Gasteiger partial charge is 0.339 e. The number of rotatable bonds is 3. The highest BCUT2D eigenvalue weighted by atomic mass is 35.5. The number of halogens is 4. The zero-order chi connectivity index (χ0) is 19.5. The third-order valence-electron chi connectivity index (χ3n) is 3.60. The van der Waals surface area contributed by atoms with E-state index in [4.69, 9.17) is 29.1 Å². The van der Waals surface area contributed by atoms with Crippen LogP contribution in [0.5, 0.6) is 0 Å². The Balaban J connectivity index is 2.07. The van der Waals surface area contributed by atoms with Gasteiger partial charge in [-0.05, 0) is 43.4 Å². The number of nitrogens with one attached hydrogen (secondary N) is 2. The lowest BCUT2D eigenvalue weighted by Crippen LogP contribution is -2.24. The van der Waals surface area contributed by atoms with Crippen LogP contribution >= 0.6 is 23.8 Å². The number of alkyl halides is 3. The van der Waals surface area contributed by atoms with Gasteiger partial charge in [0.05, 0.1) is 22.5 Å². The fourth-order valence-electron chi connectivity index (χ4n) is 2.07. The van der Waals surface area contributed by atoms with E-state index in [2.05, 4.69) is 15.8 Å². The molecule has 0 saturated carbocycles. The molecule has 0 spiro atoms. The van der Waals surface area contributed by atoms with Crippen LogP contribution < -0.4 is 10.7 Å². The van der Waals surface area contributed by atoms with Gasteiger partial charge in [-0.2, -0.15) is 23.5 Å². The molecule has 5 nitrogen and oxygen atoms in total. The molecule has 0 unspecified atom stereocenters. The molecule has 0 saturated heterocycles. The lowest BCUT2D eigenvalue weighted by molar-refractivity contribution is -0.137. The van der Waals surface area contributed by atoms with Gasteiger partial charge in [-0.25, -0.2) is 0 Å². The average molecular weight is 400 g/mol. The summed E-state index contributed by atoms with van der Waals surface area (Å²) in [7, 11) is 1.75. The van der Waals surface area contributed by atoms with Gasteiger partial charge in [-0.3, -0.25) is 5.43 Å². The Labute approximate surface area is 158 Å². The molecule has 2 N–H and O–H groups in total. The molecular weight excluding hydrogens is 387 g/mol. The van der Waals surface area contributed by atoms with E-state index in [0.717, 1.165) is 23.9 Å². The first-order valence-corrected chi connectivity index (χ1v) is 7.95. The maximum absolute atomic E-state index is 12.8. The second-order valence-electron chi connectivity index (χ2n) is 5.26.